The zero-order valence-electron chi connectivity index (χ0n) is 12.3. The fraction of sp³-hybridized carbons (Fsp3) is 0.250. The van der Waals surface area contributed by atoms with Gasteiger partial charge in [0.05, 0.1) is 5.56 Å². The van der Waals surface area contributed by atoms with Gasteiger partial charge in [-0.2, -0.15) is 0 Å². The summed E-state index contributed by atoms with van der Waals surface area (Å²) < 4.78 is 6.56. The highest BCUT2D eigenvalue weighted by molar-refractivity contribution is 9.10. The smallest absolute Gasteiger partial charge is 0.252 e. The summed E-state index contributed by atoms with van der Waals surface area (Å²) in [5, 5.41) is 5.88. The Kier molecular flexibility index (Phi) is 6.36. The van der Waals surface area contributed by atoms with Crippen LogP contribution in [0.5, 0.6) is 11.6 Å². The molecule has 2 N–H and O–H groups in total. The summed E-state index contributed by atoms with van der Waals surface area (Å²) in [6, 6.07) is 10.9. The number of hydrogen-bond donors (Lipinski definition) is 2. The van der Waals surface area contributed by atoms with Crippen molar-refractivity contribution in [1.29, 1.82) is 0 Å². The number of aromatic nitrogens is 1. The molecule has 116 valence electrons. The molecule has 0 bridgehead atoms. The Morgan fingerprint density at radius 3 is 2.82 bits per heavy atom. The minimum Gasteiger partial charge on any atom is -0.439 e. The number of rotatable bonds is 7. The Bertz CT molecular complexity index is 617. The molecule has 0 unspecified atom stereocenters. The van der Waals surface area contributed by atoms with Crippen LogP contribution < -0.4 is 15.4 Å². The first kappa shape index (κ1) is 16.5. The molecule has 0 atom stereocenters. The zero-order valence-corrected chi connectivity index (χ0v) is 13.9. The van der Waals surface area contributed by atoms with Crippen molar-refractivity contribution in [1.82, 2.24) is 15.6 Å². The van der Waals surface area contributed by atoms with Crippen molar-refractivity contribution in [2.45, 2.75) is 6.42 Å². The molecule has 1 heterocycles. The van der Waals surface area contributed by atoms with Crippen molar-refractivity contribution >= 4 is 21.8 Å². The van der Waals surface area contributed by atoms with E-state index in [4.69, 9.17) is 4.74 Å². The lowest BCUT2D eigenvalue weighted by molar-refractivity contribution is 0.0953. The summed E-state index contributed by atoms with van der Waals surface area (Å²) >= 11 is 3.38. The second kappa shape index (κ2) is 8.51. The summed E-state index contributed by atoms with van der Waals surface area (Å²) in [7, 11) is 1.88. The Morgan fingerprint density at radius 1 is 1.27 bits per heavy atom. The maximum atomic E-state index is 11.9. The predicted octanol–water partition coefficient (Wildman–Crippen LogP) is 2.98. The van der Waals surface area contributed by atoms with E-state index >= 15 is 0 Å². The summed E-state index contributed by atoms with van der Waals surface area (Å²) in [6.07, 6.45) is 2.40. The average Bonchev–Trinajstić information content (AvgIpc) is 2.52. The van der Waals surface area contributed by atoms with E-state index < -0.39 is 0 Å². The molecule has 1 aromatic heterocycles. The van der Waals surface area contributed by atoms with E-state index in [2.05, 4.69) is 31.5 Å². The number of hydrogen-bond acceptors (Lipinski definition) is 4. The van der Waals surface area contributed by atoms with Crippen molar-refractivity contribution in [3.05, 3.63) is 52.6 Å². The monoisotopic (exact) mass is 363 g/mol. The lowest BCUT2D eigenvalue weighted by Gasteiger charge is -2.07. The molecule has 2 rings (SSSR count). The Hall–Kier alpha value is -1.92. The highest BCUT2D eigenvalue weighted by atomic mass is 79.9. The first-order valence-corrected chi connectivity index (χ1v) is 7.80. The molecule has 1 amide bonds. The fourth-order valence-electron chi connectivity index (χ4n) is 1.80. The summed E-state index contributed by atoms with van der Waals surface area (Å²) in [5.41, 5.74) is 0.519. The van der Waals surface area contributed by atoms with Gasteiger partial charge in [-0.05, 0) is 44.3 Å². The van der Waals surface area contributed by atoms with E-state index in [1.54, 1.807) is 12.1 Å². The number of carbonyl (C=O) groups is 1. The van der Waals surface area contributed by atoms with Gasteiger partial charge in [0.2, 0.25) is 5.88 Å². The maximum Gasteiger partial charge on any atom is 0.252 e. The van der Waals surface area contributed by atoms with E-state index in [0.717, 1.165) is 17.4 Å². The topological polar surface area (TPSA) is 63.2 Å². The molecule has 0 saturated heterocycles. The number of pyridine rings is 1. The third-order valence-electron chi connectivity index (χ3n) is 2.91. The van der Waals surface area contributed by atoms with Crippen molar-refractivity contribution in [2.24, 2.45) is 0 Å². The molecular weight excluding hydrogens is 346 g/mol. The van der Waals surface area contributed by atoms with Crippen molar-refractivity contribution in [2.75, 3.05) is 20.1 Å². The molecule has 0 aliphatic heterocycles. The highest BCUT2D eigenvalue weighted by Gasteiger charge is 2.06. The van der Waals surface area contributed by atoms with Crippen LogP contribution in [0.3, 0.4) is 0 Å². The standard InChI is InChI=1S/C16H18BrN3O2/c1-18-8-3-9-19-16(21)12-6-7-15(20-11-12)22-14-5-2-4-13(17)10-14/h2,4-7,10-11,18H,3,8-9H2,1H3,(H,19,21). The summed E-state index contributed by atoms with van der Waals surface area (Å²) in [5.74, 6) is 1.01. The summed E-state index contributed by atoms with van der Waals surface area (Å²) in [4.78, 5) is 16.1. The van der Waals surface area contributed by atoms with Crippen molar-refractivity contribution < 1.29 is 9.53 Å². The number of benzene rings is 1. The first-order chi connectivity index (χ1) is 10.7. The minimum absolute atomic E-state index is 0.127. The van der Waals surface area contributed by atoms with E-state index in [0.29, 0.717) is 23.7 Å². The quantitative estimate of drug-likeness (QED) is 0.742. The molecule has 0 saturated carbocycles. The normalized spacial score (nSPS) is 10.3. The Labute approximate surface area is 138 Å². The lowest BCUT2D eigenvalue weighted by Crippen LogP contribution is -2.26. The van der Waals surface area contributed by atoms with Crippen molar-refractivity contribution in [3.63, 3.8) is 0 Å². The third-order valence-corrected chi connectivity index (χ3v) is 3.40. The predicted molar refractivity (Wildman–Crippen MR) is 89.3 cm³/mol. The number of carbonyl (C=O) groups excluding carboxylic acids is 1. The van der Waals surface area contributed by atoms with Gasteiger partial charge in [0.1, 0.15) is 5.75 Å². The second-order valence-corrected chi connectivity index (χ2v) is 5.57. The zero-order chi connectivity index (χ0) is 15.8. The molecule has 6 heteroatoms. The molecule has 1 aromatic carbocycles. The largest absolute Gasteiger partial charge is 0.439 e. The number of ether oxygens (including phenoxy) is 1. The van der Waals surface area contributed by atoms with Crippen LogP contribution in [-0.4, -0.2) is 31.0 Å². The number of nitrogens with zero attached hydrogens (tertiary/aromatic N) is 1. The Morgan fingerprint density at radius 2 is 2.14 bits per heavy atom. The van der Waals surface area contributed by atoms with Gasteiger partial charge >= 0.3 is 0 Å². The van der Waals surface area contributed by atoms with Crippen LogP contribution in [0.25, 0.3) is 0 Å². The number of amides is 1. The van der Waals surface area contributed by atoms with Gasteiger partial charge in [-0.25, -0.2) is 4.98 Å². The average molecular weight is 364 g/mol. The molecule has 0 spiro atoms. The van der Waals surface area contributed by atoms with Gasteiger partial charge in [0, 0.05) is 23.3 Å². The van der Waals surface area contributed by atoms with Gasteiger partial charge < -0.3 is 15.4 Å². The van der Waals surface area contributed by atoms with Crippen LogP contribution >= 0.6 is 15.9 Å². The van der Waals surface area contributed by atoms with Gasteiger partial charge in [-0.3, -0.25) is 4.79 Å². The molecule has 5 nitrogen and oxygen atoms in total. The summed E-state index contributed by atoms with van der Waals surface area (Å²) in [6.45, 7) is 1.51. The molecule has 0 aliphatic carbocycles. The molecule has 2 aromatic rings. The van der Waals surface area contributed by atoms with Crippen LogP contribution in [0.1, 0.15) is 16.8 Å². The van der Waals surface area contributed by atoms with Crippen LogP contribution in [0.15, 0.2) is 47.1 Å². The van der Waals surface area contributed by atoms with E-state index in [1.807, 2.05) is 31.3 Å². The van der Waals surface area contributed by atoms with Crippen LogP contribution in [-0.2, 0) is 0 Å². The maximum absolute atomic E-state index is 11.9. The lowest BCUT2D eigenvalue weighted by atomic mass is 10.2. The molecule has 0 aliphatic rings. The number of nitrogens with one attached hydrogen (secondary N) is 2. The van der Waals surface area contributed by atoms with E-state index in [1.165, 1.54) is 6.20 Å². The van der Waals surface area contributed by atoms with Crippen LogP contribution in [0.2, 0.25) is 0 Å². The first-order valence-electron chi connectivity index (χ1n) is 7.01. The van der Waals surface area contributed by atoms with Gasteiger partial charge in [0.25, 0.3) is 5.91 Å². The number of halogens is 1. The van der Waals surface area contributed by atoms with Crippen molar-refractivity contribution in [3.8, 4) is 11.6 Å². The minimum atomic E-state index is -0.127. The molecular formula is C16H18BrN3O2. The van der Waals surface area contributed by atoms with E-state index in [9.17, 15) is 4.79 Å². The van der Waals surface area contributed by atoms with E-state index in [-0.39, 0.29) is 5.91 Å². The third kappa shape index (κ3) is 5.13. The van der Waals surface area contributed by atoms with Gasteiger partial charge in [0.15, 0.2) is 0 Å². The SMILES string of the molecule is CNCCCNC(=O)c1ccc(Oc2cccc(Br)c2)nc1. The molecule has 22 heavy (non-hydrogen) atoms. The van der Waals surface area contributed by atoms with Crippen LogP contribution in [0.4, 0.5) is 0 Å². The highest BCUT2D eigenvalue weighted by Crippen LogP contribution is 2.22. The Balaban J connectivity index is 1.91. The molecule has 0 radical (unpaired) electrons. The van der Waals surface area contributed by atoms with Gasteiger partial charge in [-0.1, -0.05) is 22.0 Å². The van der Waals surface area contributed by atoms with Gasteiger partial charge in [-0.15, -0.1) is 0 Å². The fourth-order valence-corrected chi connectivity index (χ4v) is 2.17. The second-order valence-electron chi connectivity index (χ2n) is 4.66. The van der Waals surface area contributed by atoms with Crippen LogP contribution in [0, 0.1) is 0 Å². The molecule has 0 fully saturated rings.